The van der Waals surface area contributed by atoms with Crippen LogP contribution in [0.25, 0.3) is 11.2 Å². The monoisotopic (exact) mass is 1420 g/mol. The minimum Gasteiger partial charge on any atom is -0.490 e. The van der Waals surface area contributed by atoms with Crippen molar-refractivity contribution in [2.45, 2.75) is 386 Å². The number of aliphatic hydroxyl groups is 1. The van der Waals surface area contributed by atoms with Gasteiger partial charge in [0, 0.05) is 31.9 Å². The van der Waals surface area contributed by atoms with Gasteiger partial charge in [-0.25, -0.2) is 15.0 Å². The molecule has 1 aliphatic heterocycles. The van der Waals surface area contributed by atoms with Crippen LogP contribution in [0.5, 0.6) is 17.2 Å². The molecule has 3 aromatic rings. The van der Waals surface area contributed by atoms with Crippen molar-refractivity contribution in [1.29, 1.82) is 0 Å². The topological polar surface area (TPSA) is 220 Å². The zero-order chi connectivity index (χ0) is 72.4. The summed E-state index contributed by atoms with van der Waals surface area (Å²) in [6, 6.07) is 3.59. The minimum atomic E-state index is -0.811. The number of anilines is 1. The van der Waals surface area contributed by atoms with Gasteiger partial charge in [0.15, 0.2) is 28.5 Å². The number of nitrogens with one attached hydrogen (secondary N) is 1. The van der Waals surface area contributed by atoms with Crippen LogP contribution >= 0.6 is 0 Å². The molecule has 0 radical (unpaired) electrons. The first-order valence-corrected chi connectivity index (χ1v) is 41.4. The number of Topliss-reactive ketones (excluding diaryl/α,β-unsaturated/α-hetero) is 1. The first-order chi connectivity index (χ1) is 49.5. The van der Waals surface area contributed by atoms with E-state index in [0.717, 1.165) is 38.5 Å². The van der Waals surface area contributed by atoms with Gasteiger partial charge in [-0.3, -0.25) is 23.7 Å². The van der Waals surface area contributed by atoms with E-state index in [1.54, 1.807) is 23.7 Å². The molecule has 2 amide bonds. The average molecular weight is 1420 g/mol. The molecule has 101 heavy (non-hydrogen) atoms. The Balaban J connectivity index is 1.33. The lowest BCUT2D eigenvalue weighted by molar-refractivity contribution is -0.153. The van der Waals surface area contributed by atoms with Crippen molar-refractivity contribution >= 4 is 46.5 Å². The number of nitrogens with zero attached hydrogens (tertiary/aromatic N) is 5. The second kappa shape index (κ2) is 59.0. The van der Waals surface area contributed by atoms with Gasteiger partial charge in [0.1, 0.15) is 37.2 Å². The Kier molecular flexibility index (Phi) is 51.4. The summed E-state index contributed by atoms with van der Waals surface area (Å²) < 4.78 is 38.7. The van der Waals surface area contributed by atoms with Gasteiger partial charge in [-0.1, -0.05) is 310 Å². The normalized spacial score (nSPS) is 14.4. The highest BCUT2D eigenvalue weighted by Gasteiger charge is 2.39. The van der Waals surface area contributed by atoms with E-state index in [9.17, 15) is 29.1 Å². The Morgan fingerprint density at radius 2 is 0.901 bits per heavy atom. The number of esters is 2. The number of carbonyl (C=O) groups is 5. The average Bonchev–Trinajstić information content (AvgIpc) is 1.78. The fraction of sp³-hybridized carbons (Fsp3) is 0.807. The number of aromatic nitrogens is 4. The van der Waals surface area contributed by atoms with E-state index in [4.69, 9.17) is 28.4 Å². The van der Waals surface area contributed by atoms with Crippen molar-refractivity contribution in [3.63, 3.8) is 0 Å². The number of hydrogen-bond acceptors (Lipinski definition) is 15. The highest BCUT2D eigenvalue weighted by atomic mass is 16.6. The van der Waals surface area contributed by atoms with E-state index in [1.807, 2.05) is 0 Å². The summed E-state index contributed by atoms with van der Waals surface area (Å²) in [7, 11) is 1.68. The second-order valence-electron chi connectivity index (χ2n) is 29.1. The molecule has 18 nitrogen and oxygen atoms in total. The van der Waals surface area contributed by atoms with E-state index in [1.165, 1.54) is 294 Å². The predicted octanol–water partition coefficient (Wildman–Crippen LogP) is 21.3. The van der Waals surface area contributed by atoms with Crippen LogP contribution in [0.1, 0.15) is 385 Å². The summed E-state index contributed by atoms with van der Waals surface area (Å²) in [5.74, 6) is -0.377. The van der Waals surface area contributed by atoms with Gasteiger partial charge in [0.25, 0.3) is 5.91 Å². The number of ketones is 1. The zero-order valence-corrected chi connectivity index (χ0v) is 64.4. The van der Waals surface area contributed by atoms with Gasteiger partial charge >= 0.3 is 11.9 Å². The van der Waals surface area contributed by atoms with Gasteiger partial charge < -0.3 is 48.5 Å². The first-order valence-electron chi connectivity index (χ1n) is 41.4. The summed E-state index contributed by atoms with van der Waals surface area (Å²) in [5.41, 5.74) is 0.987. The Labute approximate surface area is 611 Å². The Morgan fingerprint density at radius 1 is 0.505 bits per heavy atom. The third-order valence-electron chi connectivity index (χ3n) is 19.9. The van der Waals surface area contributed by atoms with Crippen LogP contribution in [0.2, 0.25) is 0 Å². The fourth-order valence-electron chi connectivity index (χ4n) is 13.5. The number of ether oxygens (including phenoxy) is 6. The van der Waals surface area contributed by atoms with Gasteiger partial charge in [-0.15, -0.1) is 0 Å². The number of benzene rings is 1. The summed E-state index contributed by atoms with van der Waals surface area (Å²) >= 11 is 0. The van der Waals surface area contributed by atoms with Crippen LogP contribution in [0.4, 0.5) is 5.82 Å². The van der Waals surface area contributed by atoms with E-state index in [-0.39, 0.29) is 68.3 Å². The molecule has 1 aromatic carbocycles. The number of amides is 2. The molecule has 576 valence electrons. The number of unbranched alkanes of at least 4 members (excludes halogenated alkanes) is 45. The van der Waals surface area contributed by atoms with E-state index < -0.39 is 42.9 Å². The molecule has 0 aliphatic carbocycles. The van der Waals surface area contributed by atoms with Crippen molar-refractivity contribution in [1.82, 2.24) is 24.4 Å². The molecule has 0 bridgehead atoms. The molecule has 1 saturated heterocycles. The summed E-state index contributed by atoms with van der Waals surface area (Å²) in [6.07, 6.45) is 62.1. The standard InChI is InChI=1S/C83H142N6O12/c1-6-9-12-15-18-21-24-27-30-33-36-39-42-45-48-51-59-96-72-63-70(83(95)88(5)58-62-98-77(93)57-55-75(92)87-81-79-82(85-67-84-81)89(68-86-79)76-65-71(74(66-90)100-76)101-78(94)56-54-69(4)91)64-73(97-60-52-49-46-43-40-37-34-31-28-25-22-19-16-13-10-7-2)80(72)99-61-53-50-47-44-41-38-35-32-29-26-23-20-17-14-11-8-3/h63-64,67-68,71,74,76,90H,6-62,65-66H2,1-5H3,(H,84,85,87,92)/t71?,74-,76-/m1/s1. The predicted molar refractivity (Wildman–Crippen MR) is 408 cm³/mol. The largest absolute Gasteiger partial charge is 0.490 e. The smallest absolute Gasteiger partial charge is 0.306 e. The number of aliphatic hydroxyl groups excluding tert-OH is 1. The van der Waals surface area contributed by atoms with Crippen molar-refractivity contribution in [2.75, 3.05) is 51.9 Å². The maximum atomic E-state index is 14.4. The number of likely N-dealkylation sites (N-methyl/N-ethyl adjacent to an activating group) is 1. The molecule has 1 unspecified atom stereocenters. The Bertz CT molecular complexity index is 2560. The molecule has 18 heteroatoms. The van der Waals surface area contributed by atoms with Gasteiger partial charge in [0.2, 0.25) is 11.7 Å². The van der Waals surface area contributed by atoms with Crippen LogP contribution in [-0.4, -0.2) is 118 Å². The second-order valence-corrected chi connectivity index (χ2v) is 29.1. The van der Waals surface area contributed by atoms with E-state index in [2.05, 4.69) is 41.0 Å². The third-order valence-corrected chi connectivity index (χ3v) is 19.9. The van der Waals surface area contributed by atoms with Crippen LogP contribution in [-0.2, 0) is 33.4 Å². The highest BCUT2D eigenvalue weighted by molar-refractivity contribution is 5.98. The lowest BCUT2D eigenvalue weighted by atomic mass is 10.0. The summed E-state index contributed by atoms with van der Waals surface area (Å²) in [5, 5.41) is 12.7. The van der Waals surface area contributed by atoms with Crippen LogP contribution in [0, 0.1) is 0 Å². The highest BCUT2D eigenvalue weighted by Crippen LogP contribution is 2.40. The molecular formula is C83H142N6O12. The maximum Gasteiger partial charge on any atom is 0.306 e. The van der Waals surface area contributed by atoms with Crippen molar-refractivity contribution in [3.05, 3.63) is 30.4 Å². The first kappa shape index (κ1) is 88.0. The number of carbonyl (C=O) groups excluding carboxylic acids is 5. The lowest BCUT2D eigenvalue weighted by Crippen LogP contribution is -2.31. The SMILES string of the molecule is CCCCCCCCCCCCCCCCCCOc1cc(C(=O)N(C)CCOC(=O)CCC(=O)Nc2ncnc3c2ncn3[C@H]2CC(OC(=O)CCC(C)=O)[C@@H](CO)O2)cc(OCCCCCCCCCCCCCCCCCC)c1OCCCCCCCCCCCCCCCCCC. The van der Waals surface area contributed by atoms with Crippen LogP contribution in [0.15, 0.2) is 24.8 Å². The molecule has 0 spiro atoms. The third kappa shape index (κ3) is 41.1. The number of rotatable bonds is 68. The molecular weight excluding hydrogens is 1270 g/mol. The van der Waals surface area contributed by atoms with Crippen molar-refractivity contribution in [2.24, 2.45) is 0 Å². The van der Waals surface area contributed by atoms with E-state index >= 15 is 0 Å². The lowest BCUT2D eigenvalue weighted by Gasteiger charge is -2.21. The molecule has 3 heterocycles. The molecule has 4 rings (SSSR count). The van der Waals surface area contributed by atoms with Gasteiger partial charge in [-0.2, -0.15) is 0 Å². The fourth-order valence-corrected chi connectivity index (χ4v) is 13.5. The number of fused-ring (bicyclic) bond motifs is 1. The molecule has 1 aliphatic rings. The van der Waals surface area contributed by atoms with Crippen molar-refractivity contribution in [3.8, 4) is 17.2 Å². The van der Waals surface area contributed by atoms with Gasteiger partial charge in [0.05, 0.1) is 52.1 Å². The van der Waals surface area contributed by atoms with E-state index in [0.29, 0.717) is 48.3 Å². The maximum absolute atomic E-state index is 14.4. The number of imidazole rings is 1. The minimum absolute atomic E-state index is 0.0544. The molecule has 3 atom stereocenters. The molecule has 2 aromatic heterocycles. The van der Waals surface area contributed by atoms with Crippen molar-refractivity contribution < 1.29 is 57.5 Å². The number of hydrogen-bond donors (Lipinski definition) is 2. The van der Waals surface area contributed by atoms with Gasteiger partial charge in [-0.05, 0) is 38.3 Å². The zero-order valence-electron chi connectivity index (χ0n) is 64.4. The van der Waals surface area contributed by atoms with Crippen LogP contribution < -0.4 is 19.5 Å². The summed E-state index contributed by atoms with van der Waals surface area (Å²) in [4.78, 5) is 79.2. The molecule has 0 saturated carbocycles. The molecule has 2 N–H and O–H groups in total. The quantitative estimate of drug-likeness (QED) is 0.0396. The molecule has 1 fully saturated rings. The Hall–Kier alpha value is -5.36. The Morgan fingerprint density at radius 3 is 1.31 bits per heavy atom. The summed E-state index contributed by atoms with van der Waals surface area (Å²) in [6.45, 7) is 9.38. The van der Waals surface area contributed by atoms with Crippen LogP contribution in [0.3, 0.4) is 0 Å².